The van der Waals surface area contributed by atoms with Crippen molar-refractivity contribution in [1.82, 2.24) is 15.5 Å². The van der Waals surface area contributed by atoms with Gasteiger partial charge >= 0.3 is 0 Å². The molecule has 0 aromatic carbocycles. The molecular weight excluding hydrogens is 320 g/mol. The Bertz CT molecular complexity index is 402. The van der Waals surface area contributed by atoms with Crippen LogP contribution in [0.25, 0.3) is 0 Å². The first-order chi connectivity index (χ1) is 11.5. The van der Waals surface area contributed by atoms with Crippen LogP contribution in [0.15, 0.2) is 4.99 Å². The molecule has 0 bridgehead atoms. The zero-order valence-electron chi connectivity index (χ0n) is 16.0. The van der Waals surface area contributed by atoms with E-state index in [0.29, 0.717) is 5.54 Å². The van der Waals surface area contributed by atoms with Crippen molar-refractivity contribution in [3.63, 3.8) is 0 Å². The van der Waals surface area contributed by atoms with E-state index in [0.717, 1.165) is 19.0 Å². The van der Waals surface area contributed by atoms with Crippen molar-refractivity contribution in [3.05, 3.63) is 0 Å². The summed E-state index contributed by atoms with van der Waals surface area (Å²) in [6.45, 7) is 8.37. The molecule has 1 aliphatic heterocycles. The van der Waals surface area contributed by atoms with E-state index in [1.165, 1.54) is 56.7 Å². The van der Waals surface area contributed by atoms with E-state index in [1.54, 1.807) is 7.11 Å². The molecule has 24 heavy (non-hydrogen) atoms. The van der Waals surface area contributed by atoms with Crippen LogP contribution < -0.4 is 10.6 Å². The first kappa shape index (κ1) is 19.9. The molecule has 2 rings (SSSR count). The van der Waals surface area contributed by atoms with Gasteiger partial charge in [-0.2, -0.15) is 11.8 Å². The summed E-state index contributed by atoms with van der Waals surface area (Å²) in [7, 11) is 3.60. The lowest BCUT2D eigenvalue weighted by Gasteiger charge is -2.48. The Morgan fingerprint density at radius 1 is 1.17 bits per heavy atom. The average molecular weight is 357 g/mol. The fourth-order valence-corrected chi connectivity index (χ4v) is 4.59. The Labute approximate surface area is 152 Å². The summed E-state index contributed by atoms with van der Waals surface area (Å²) >= 11 is 2.09. The van der Waals surface area contributed by atoms with Crippen molar-refractivity contribution in [2.45, 2.75) is 57.1 Å². The molecule has 2 aliphatic rings. The molecular formula is C18H36N4OS. The van der Waals surface area contributed by atoms with Gasteiger partial charge in [0.2, 0.25) is 0 Å². The van der Waals surface area contributed by atoms with Crippen molar-refractivity contribution in [1.29, 1.82) is 0 Å². The van der Waals surface area contributed by atoms with Gasteiger partial charge in [0.25, 0.3) is 0 Å². The van der Waals surface area contributed by atoms with E-state index in [4.69, 9.17) is 4.74 Å². The SMILES string of the molecule is CN=C(NCC(C)(C)OC)NCC1(N2CCSCC2)CCCCC1. The number of methoxy groups -OCH3 is 1. The highest BCUT2D eigenvalue weighted by atomic mass is 32.2. The minimum Gasteiger partial charge on any atom is -0.377 e. The molecule has 1 heterocycles. The van der Waals surface area contributed by atoms with Crippen LogP contribution in [0.4, 0.5) is 0 Å². The number of hydrogen-bond donors (Lipinski definition) is 2. The van der Waals surface area contributed by atoms with Crippen molar-refractivity contribution in [2.75, 3.05) is 51.8 Å². The molecule has 1 saturated heterocycles. The average Bonchev–Trinajstić information content (AvgIpc) is 2.63. The van der Waals surface area contributed by atoms with Gasteiger partial charge in [0, 0.05) is 57.4 Å². The van der Waals surface area contributed by atoms with E-state index in [-0.39, 0.29) is 5.60 Å². The molecule has 5 nitrogen and oxygen atoms in total. The van der Waals surface area contributed by atoms with E-state index in [1.807, 2.05) is 7.05 Å². The summed E-state index contributed by atoms with van der Waals surface area (Å²) in [5, 5.41) is 7.02. The predicted molar refractivity (Wildman–Crippen MR) is 105 cm³/mol. The second-order valence-corrected chi connectivity index (χ2v) is 8.85. The molecule has 1 aliphatic carbocycles. The largest absolute Gasteiger partial charge is 0.377 e. The summed E-state index contributed by atoms with van der Waals surface area (Å²) < 4.78 is 5.49. The summed E-state index contributed by atoms with van der Waals surface area (Å²) in [5.41, 5.74) is 0.123. The van der Waals surface area contributed by atoms with Crippen molar-refractivity contribution >= 4 is 17.7 Å². The quantitative estimate of drug-likeness (QED) is 0.565. The standard InChI is InChI=1S/C18H36N4OS/c1-17(2,23-4)14-20-16(19-3)21-15-18(8-6-5-7-9-18)22-10-12-24-13-11-22/h5-15H2,1-4H3,(H2,19,20,21). The second kappa shape index (κ2) is 9.30. The molecule has 0 amide bonds. The summed E-state index contributed by atoms with van der Waals surface area (Å²) in [4.78, 5) is 7.15. The molecule has 2 fully saturated rings. The highest BCUT2D eigenvalue weighted by Gasteiger charge is 2.38. The maximum Gasteiger partial charge on any atom is 0.191 e. The number of aliphatic imine (C=N–C) groups is 1. The molecule has 0 spiro atoms. The van der Waals surface area contributed by atoms with E-state index in [2.05, 4.69) is 46.1 Å². The maximum absolute atomic E-state index is 5.49. The first-order valence-corrected chi connectivity index (χ1v) is 10.5. The predicted octanol–water partition coefficient (Wildman–Crippen LogP) is 2.33. The Hall–Kier alpha value is -0.460. The third-order valence-corrected chi connectivity index (χ3v) is 6.45. The topological polar surface area (TPSA) is 48.9 Å². The number of hydrogen-bond acceptors (Lipinski definition) is 4. The van der Waals surface area contributed by atoms with Crippen LogP contribution in [0.5, 0.6) is 0 Å². The lowest BCUT2D eigenvalue weighted by Crippen LogP contribution is -2.60. The van der Waals surface area contributed by atoms with Gasteiger partial charge in [-0.3, -0.25) is 9.89 Å². The molecule has 0 unspecified atom stereocenters. The Morgan fingerprint density at radius 2 is 1.83 bits per heavy atom. The van der Waals surface area contributed by atoms with E-state index >= 15 is 0 Å². The number of rotatable bonds is 6. The second-order valence-electron chi connectivity index (χ2n) is 7.63. The van der Waals surface area contributed by atoms with Crippen LogP contribution >= 0.6 is 11.8 Å². The van der Waals surface area contributed by atoms with Crippen molar-refractivity contribution < 1.29 is 4.74 Å². The molecule has 140 valence electrons. The van der Waals surface area contributed by atoms with Crippen LogP contribution in [0, 0.1) is 0 Å². The monoisotopic (exact) mass is 356 g/mol. The van der Waals surface area contributed by atoms with Crippen LogP contribution in [-0.2, 0) is 4.74 Å². The highest BCUT2D eigenvalue weighted by Crippen LogP contribution is 2.34. The molecule has 0 atom stereocenters. The van der Waals surface area contributed by atoms with Crippen LogP contribution in [0.3, 0.4) is 0 Å². The van der Waals surface area contributed by atoms with Gasteiger partial charge < -0.3 is 15.4 Å². The molecule has 0 radical (unpaired) electrons. The molecule has 0 aromatic rings. The van der Waals surface area contributed by atoms with E-state index in [9.17, 15) is 0 Å². The minimum atomic E-state index is -0.190. The Balaban J connectivity index is 1.93. The lowest BCUT2D eigenvalue weighted by atomic mass is 9.80. The smallest absolute Gasteiger partial charge is 0.191 e. The fraction of sp³-hybridized carbons (Fsp3) is 0.944. The number of nitrogens with one attached hydrogen (secondary N) is 2. The number of thioether (sulfide) groups is 1. The number of guanidine groups is 1. The zero-order chi connectivity index (χ0) is 17.5. The van der Waals surface area contributed by atoms with Gasteiger partial charge in [0.1, 0.15) is 0 Å². The Kier molecular flexibility index (Phi) is 7.69. The fourth-order valence-electron chi connectivity index (χ4n) is 3.69. The first-order valence-electron chi connectivity index (χ1n) is 9.34. The van der Waals surface area contributed by atoms with Gasteiger partial charge in [0.15, 0.2) is 5.96 Å². The highest BCUT2D eigenvalue weighted by molar-refractivity contribution is 7.99. The number of ether oxygens (including phenoxy) is 1. The summed E-state index contributed by atoms with van der Waals surface area (Å²) in [6.07, 6.45) is 6.72. The van der Waals surface area contributed by atoms with Gasteiger partial charge in [-0.05, 0) is 26.7 Å². The molecule has 0 aromatic heterocycles. The number of nitrogens with zero attached hydrogens (tertiary/aromatic N) is 2. The summed E-state index contributed by atoms with van der Waals surface area (Å²) in [5.74, 6) is 3.43. The third-order valence-electron chi connectivity index (χ3n) is 5.51. The molecule has 2 N–H and O–H groups in total. The summed E-state index contributed by atoms with van der Waals surface area (Å²) in [6, 6.07) is 0. The zero-order valence-corrected chi connectivity index (χ0v) is 16.8. The van der Waals surface area contributed by atoms with E-state index < -0.39 is 0 Å². The molecule has 6 heteroatoms. The van der Waals surface area contributed by atoms with Crippen molar-refractivity contribution in [3.8, 4) is 0 Å². The van der Waals surface area contributed by atoms with Crippen LogP contribution in [-0.4, -0.2) is 73.8 Å². The van der Waals surface area contributed by atoms with Crippen LogP contribution in [0.2, 0.25) is 0 Å². The van der Waals surface area contributed by atoms with Gasteiger partial charge in [-0.1, -0.05) is 19.3 Å². The molecule has 1 saturated carbocycles. The Morgan fingerprint density at radius 3 is 2.42 bits per heavy atom. The normalized spacial score (nSPS) is 23.1. The maximum atomic E-state index is 5.49. The van der Waals surface area contributed by atoms with Gasteiger partial charge in [0.05, 0.1) is 5.60 Å². The minimum absolute atomic E-state index is 0.190. The van der Waals surface area contributed by atoms with Crippen LogP contribution in [0.1, 0.15) is 46.0 Å². The van der Waals surface area contributed by atoms with Crippen molar-refractivity contribution in [2.24, 2.45) is 4.99 Å². The van der Waals surface area contributed by atoms with Gasteiger partial charge in [-0.25, -0.2) is 0 Å². The third kappa shape index (κ3) is 5.53. The van der Waals surface area contributed by atoms with Gasteiger partial charge in [-0.15, -0.1) is 0 Å². The lowest BCUT2D eigenvalue weighted by molar-refractivity contribution is 0.0266.